The molecule has 1 atom stereocenters. The molecule has 5 nitrogen and oxygen atoms in total. The van der Waals surface area contributed by atoms with Crippen molar-refractivity contribution in [3.05, 3.63) is 0 Å². The largest absolute Gasteiger partial charge is 0.402 e. The van der Waals surface area contributed by atoms with Crippen molar-refractivity contribution in [3.63, 3.8) is 0 Å². The Morgan fingerprint density at radius 1 is 0.760 bits per heavy atom. The second-order valence-corrected chi connectivity index (χ2v) is 8.50. The summed E-state index contributed by atoms with van der Waals surface area (Å²) in [6.07, 6.45) is 17.8. The van der Waals surface area contributed by atoms with Crippen LogP contribution in [0.5, 0.6) is 0 Å². The van der Waals surface area contributed by atoms with Gasteiger partial charge in [-0.2, -0.15) is 8.42 Å². The average Bonchev–Trinajstić information content (AvgIpc) is 2.54. The highest BCUT2D eigenvalue weighted by molar-refractivity contribution is 7.81. The van der Waals surface area contributed by atoms with Crippen molar-refractivity contribution in [2.45, 2.75) is 116 Å². The van der Waals surface area contributed by atoms with Gasteiger partial charge in [0.2, 0.25) is 0 Å². The Morgan fingerprint density at radius 2 is 1.12 bits per heavy atom. The number of hydrogen-bond donors (Lipinski definition) is 1. The van der Waals surface area contributed by atoms with Crippen LogP contribution in [0.15, 0.2) is 0 Å². The van der Waals surface area contributed by atoms with Crippen LogP contribution in [0, 0.1) is 0 Å². The van der Waals surface area contributed by atoms with E-state index in [1.54, 1.807) is 0 Å². The van der Waals surface area contributed by atoms with Crippen molar-refractivity contribution in [1.82, 2.24) is 0 Å². The SMILES string of the molecule is CCCCCCCCCCCCCCCCC(C)(O)OS(=O)(=O)OC. The van der Waals surface area contributed by atoms with Crippen molar-refractivity contribution < 1.29 is 21.9 Å². The van der Waals surface area contributed by atoms with Crippen molar-refractivity contribution in [2.24, 2.45) is 0 Å². The molecular weight excluding hydrogens is 340 g/mol. The molecule has 0 saturated heterocycles. The minimum absolute atomic E-state index is 0.285. The Labute approximate surface area is 155 Å². The highest BCUT2D eigenvalue weighted by Crippen LogP contribution is 2.20. The zero-order chi connectivity index (χ0) is 19.0. The topological polar surface area (TPSA) is 72.8 Å². The Hall–Kier alpha value is -0.170. The molecule has 0 rings (SSSR count). The smallest absolute Gasteiger partial charge is 0.365 e. The van der Waals surface area contributed by atoms with Gasteiger partial charge in [0.05, 0.1) is 7.11 Å². The molecule has 0 saturated carbocycles. The molecule has 0 aromatic heterocycles. The predicted octanol–water partition coefficient (Wildman–Crippen LogP) is 5.47. The summed E-state index contributed by atoms with van der Waals surface area (Å²) in [7, 11) is -3.08. The lowest BCUT2D eigenvalue weighted by Gasteiger charge is -2.21. The minimum atomic E-state index is -4.10. The van der Waals surface area contributed by atoms with Crippen molar-refractivity contribution >= 4 is 10.4 Å². The summed E-state index contributed by atoms with van der Waals surface area (Å²) in [5, 5.41) is 9.89. The van der Waals surface area contributed by atoms with Crippen molar-refractivity contribution in [1.29, 1.82) is 0 Å². The van der Waals surface area contributed by atoms with Gasteiger partial charge in [0.25, 0.3) is 0 Å². The third-order valence-electron chi connectivity index (χ3n) is 4.48. The monoisotopic (exact) mass is 380 g/mol. The fourth-order valence-electron chi connectivity index (χ4n) is 2.94. The van der Waals surface area contributed by atoms with Crippen LogP contribution in [0.3, 0.4) is 0 Å². The third kappa shape index (κ3) is 17.0. The molecule has 0 spiro atoms. The Kier molecular flexibility index (Phi) is 14.8. The van der Waals surface area contributed by atoms with E-state index in [1.807, 2.05) is 0 Å². The quantitative estimate of drug-likeness (QED) is 0.252. The van der Waals surface area contributed by atoms with E-state index in [0.717, 1.165) is 26.4 Å². The zero-order valence-corrected chi connectivity index (χ0v) is 17.4. The van der Waals surface area contributed by atoms with E-state index in [9.17, 15) is 13.5 Å². The first kappa shape index (κ1) is 24.8. The van der Waals surface area contributed by atoms with Crippen LogP contribution in [0.25, 0.3) is 0 Å². The van der Waals surface area contributed by atoms with Gasteiger partial charge in [0, 0.05) is 6.42 Å². The van der Waals surface area contributed by atoms with Crippen LogP contribution in [-0.2, 0) is 18.8 Å². The molecule has 1 unspecified atom stereocenters. The molecule has 0 aromatic rings. The maximum absolute atomic E-state index is 11.2. The predicted molar refractivity (Wildman–Crippen MR) is 103 cm³/mol. The van der Waals surface area contributed by atoms with E-state index < -0.39 is 16.2 Å². The van der Waals surface area contributed by atoms with Crippen LogP contribution in [-0.4, -0.2) is 26.4 Å². The fraction of sp³-hybridized carbons (Fsp3) is 1.00. The Morgan fingerprint density at radius 3 is 1.48 bits per heavy atom. The summed E-state index contributed by atoms with van der Waals surface area (Å²) in [5.41, 5.74) is 0. The molecule has 152 valence electrons. The number of aliphatic hydroxyl groups is 1. The second-order valence-electron chi connectivity index (χ2n) is 7.18. The number of unbranched alkanes of at least 4 members (excludes halogenated alkanes) is 13. The van der Waals surface area contributed by atoms with Crippen molar-refractivity contribution in [2.75, 3.05) is 7.11 Å². The second kappa shape index (κ2) is 14.9. The van der Waals surface area contributed by atoms with Gasteiger partial charge < -0.3 is 5.11 Å². The van der Waals surface area contributed by atoms with E-state index in [2.05, 4.69) is 15.3 Å². The first-order valence-electron chi connectivity index (χ1n) is 10.1. The molecular formula is C19H40O5S. The summed E-state index contributed by atoms with van der Waals surface area (Å²) >= 11 is 0. The molecule has 6 heteroatoms. The molecule has 0 fully saturated rings. The normalized spacial score (nSPS) is 14.6. The highest BCUT2D eigenvalue weighted by atomic mass is 32.3. The summed E-state index contributed by atoms with van der Waals surface area (Å²) < 4.78 is 31.1. The lowest BCUT2D eigenvalue weighted by Crippen LogP contribution is -2.31. The Balaban J connectivity index is 3.39. The molecule has 1 N–H and O–H groups in total. The maximum Gasteiger partial charge on any atom is 0.402 e. The van der Waals surface area contributed by atoms with Crippen LogP contribution in [0.4, 0.5) is 0 Å². The summed E-state index contributed by atoms with van der Waals surface area (Å²) in [6, 6.07) is 0. The van der Waals surface area contributed by atoms with Crippen molar-refractivity contribution in [3.8, 4) is 0 Å². The fourth-order valence-corrected chi connectivity index (χ4v) is 3.53. The Bertz CT molecular complexity index is 393. The first-order chi connectivity index (χ1) is 11.8. The standard InChI is InChI=1S/C19H40O5S/c1-4-5-6-7-8-9-10-11-12-13-14-15-16-17-18-19(2,20)24-25(21,22)23-3/h20H,4-18H2,1-3H3. The van der Waals surface area contributed by atoms with Gasteiger partial charge in [-0.05, 0) is 13.3 Å². The van der Waals surface area contributed by atoms with Crippen LogP contribution in [0.1, 0.15) is 110 Å². The zero-order valence-electron chi connectivity index (χ0n) is 16.6. The molecule has 0 aliphatic carbocycles. The van der Waals surface area contributed by atoms with E-state index in [-0.39, 0.29) is 6.42 Å². The van der Waals surface area contributed by atoms with Gasteiger partial charge in [-0.15, -0.1) is 0 Å². The molecule has 0 aliphatic heterocycles. The number of rotatable bonds is 18. The van der Waals surface area contributed by atoms with Gasteiger partial charge in [0.15, 0.2) is 5.79 Å². The molecule has 0 radical (unpaired) electrons. The van der Waals surface area contributed by atoms with Gasteiger partial charge in [0.1, 0.15) is 0 Å². The average molecular weight is 381 g/mol. The summed E-state index contributed by atoms with van der Waals surface area (Å²) in [4.78, 5) is 0. The van der Waals surface area contributed by atoms with E-state index in [0.29, 0.717) is 0 Å². The van der Waals surface area contributed by atoms with Gasteiger partial charge >= 0.3 is 10.4 Å². The van der Waals surface area contributed by atoms with Crippen LogP contribution in [0.2, 0.25) is 0 Å². The van der Waals surface area contributed by atoms with E-state index in [1.165, 1.54) is 77.6 Å². The summed E-state index contributed by atoms with van der Waals surface area (Å²) in [5.74, 6) is -1.69. The van der Waals surface area contributed by atoms with Crippen LogP contribution >= 0.6 is 0 Å². The molecule has 0 aliphatic rings. The van der Waals surface area contributed by atoms with Gasteiger partial charge in [-0.3, -0.25) is 4.18 Å². The lowest BCUT2D eigenvalue weighted by molar-refractivity contribution is -0.129. The first-order valence-corrected chi connectivity index (χ1v) is 11.4. The molecule has 25 heavy (non-hydrogen) atoms. The van der Waals surface area contributed by atoms with Gasteiger partial charge in [-0.25, -0.2) is 4.18 Å². The van der Waals surface area contributed by atoms with Crippen LogP contribution < -0.4 is 0 Å². The summed E-state index contributed by atoms with van der Waals surface area (Å²) in [6.45, 7) is 3.61. The molecule has 0 aromatic carbocycles. The molecule has 0 amide bonds. The maximum atomic E-state index is 11.2. The van der Waals surface area contributed by atoms with E-state index >= 15 is 0 Å². The lowest BCUT2D eigenvalue weighted by atomic mass is 10.0. The van der Waals surface area contributed by atoms with E-state index in [4.69, 9.17) is 0 Å². The molecule has 0 heterocycles. The van der Waals surface area contributed by atoms with Gasteiger partial charge in [-0.1, -0.05) is 90.4 Å². The number of hydrogen-bond acceptors (Lipinski definition) is 5. The molecule has 0 bridgehead atoms. The third-order valence-corrected chi connectivity index (χ3v) is 5.45. The minimum Gasteiger partial charge on any atom is -0.365 e. The highest BCUT2D eigenvalue weighted by Gasteiger charge is 2.28.